The largest absolute Gasteiger partial charge is 0.497 e. The van der Waals surface area contributed by atoms with Gasteiger partial charge < -0.3 is 14.8 Å². The lowest BCUT2D eigenvalue weighted by Gasteiger charge is -2.09. The number of rotatable bonds is 5. The lowest BCUT2D eigenvalue weighted by molar-refractivity contribution is 0.262. The van der Waals surface area contributed by atoms with Crippen molar-refractivity contribution in [3.63, 3.8) is 0 Å². The molecule has 2 aromatic carbocycles. The van der Waals surface area contributed by atoms with E-state index < -0.39 is 6.03 Å². The van der Waals surface area contributed by atoms with Crippen molar-refractivity contribution in [2.24, 2.45) is 0 Å². The van der Waals surface area contributed by atoms with Crippen molar-refractivity contribution < 1.29 is 14.3 Å². The van der Waals surface area contributed by atoms with Crippen molar-refractivity contribution >= 4 is 28.2 Å². The van der Waals surface area contributed by atoms with Crippen molar-refractivity contribution in [1.82, 2.24) is 10.2 Å². The Kier molecular flexibility index (Phi) is 5.10. The van der Waals surface area contributed by atoms with Crippen LogP contribution >= 0.6 is 11.3 Å². The molecule has 25 heavy (non-hydrogen) atoms. The highest BCUT2D eigenvalue weighted by molar-refractivity contribution is 7.18. The molecule has 0 unspecified atom stereocenters. The van der Waals surface area contributed by atoms with Crippen LogP contribution in [0.25, 0.3) is 10.6 Å². The van der Waals surface area contributed by atoms with Gasteiger partial charge in [0, 0.05) is 5.56 Å². The number of carbonyl (C=O) groups excluding carboxylic acids is 1. The first-order chi connectivity index (χ1) is 12.2. The summed E-state index contributed by atoms with van der Waals surface area (Å²) in [6, 6.07) is 14.2. The van der Waals surface area contributed by atoms with Crippen LogP contribution in [0.1, 0.15) is 0 Å². The molecule has 0 fully saturated rings. The summed E-state index contributed by atoms with van der Waals surface area (Å²) in [6.07, 6.45) is 0. The molecule has 1 aromatic heterocycles. The van der Waals surface area contributed by atoms with Gasteiger partial charge in [0.15, 0.2) is 0 Å². The highest BCUT2D eigenvalue weighted by Crippen LogP contribution is 2.29. The maximum atomic E-state index is 12.1. The Morgan fingerprint density at radius 3 is 2.64 bits per heavy atom. The second kappa shape index (κ2) is 7.63. The Labute approximate surface area is 148 Å². The monoisotopic (exact) mass is 356 g/mol. The molecule has 0 saturated heterocycles. The minimum atomic E-state index is -0.419. The van der Waals surface area contributed by atoms with Gasteiger partial charge in [-0.15, -0.1) is 10.2 Å². The predicted molar refractivity (Wildman–Crippen MR) is 97.5 cm³/mol. The molecule has 0 saturated carbocycles. The molecule has 128 valence electrons. The Bertz CT molecular complexity index is 882. The van der Waals surface area contributed by atoms with Gasteiger partial charge in [-0.1, -0.05) is 35.6 Å². The fourth-order valence-electron chi connectivity index (χ4n) is 2.15. The van der Waals surface area contributed by atoms with Gasteiger partial charge in [-0.05, 0) is 24.3 Å². The smallest absolute Gasteiger partial charge is 0.325 e. The predicted octanol–water partition coefficient (Wildman–Crippen LogP) is 3.87. The molecule has 0 atom stereocenters. The van der Waals surface area contributed by atoms with Gasteiger partial charge in [0.25, 0.3) is 0 Å². The first kappa shape index (κ1) is 16.7. The normalized spacial score (nSPS) is 10.2. The number of urea groups is 1. The molecule has 0 bridgehead atoms. The van der Waals surface area contributed by atoms with E-state index in [9.17, 15) is 4.79 Å². The number of carbonyl (C=O) groups is 1. The molecule has 1 heterocycles. The first-order valence-corrected chi connectivity index (χ1v) is 8.20. The summed E-state index contributed by atoms with van der Waals surface area (Å²) >= 11 is 1.27. The molecule has 3 aromatic rings. The van der Waals surface area contributed by atoms with E-state index >= 15 is 0 Å². The second-order valence-electron chi connectivity index (χ2n) is 4.92. The Morgan fingerprint density at radius 1 is 1.00 bits per heavy atom. The summed E-state index contributed by atoms with van der Waals surface area (Å²) in [6.45, 7) is 0. The van der Waals surface area contributed by atoms with Crippen LogP contribution in [0, 0.1) is 0 Å². The number of ether oxygens (including phenoxy) is 2. The third-order valence-corrected chi connectivity index (χ3v) is 4.21. The van der Waals surface area contributed by atoms with Crippen molar-refractivity contribution in [2.45, 2.75) is 0 Å². The molecule has 0 aliphatic rings. The van der Waals surface area contributed by atoms with Gasteiger partial charge in [0.1, 0.15) is 16.5 Å². The van der Waals surface area contributed by atoms with E-state index in [-0.39, 0.29) is 0 Å². The summed E-state index contributed by atoms with van der Waals surface area (Å²) in [7, 11) is 3.15. The molecule has 0 aliphatic heterocycles. The van der Waals surface area contributed by atoms with Crippen LogP contribution in [0.15, 0.2) is 48.5 Å². The quantitative estimate of drug-likeness (QED) is 0.725. The topological polar surface area (TPSA) is 85.4 Å². The minimum absolute atomic E-state index is 0.394. The van der Waals surface area contributed by atoms with Crippen molar-refractivity contribution in [3.05, 3.63) is 48.5 Å². The highest BCUT2D eigenvalue weighted by atomic mass is 32.1. The van der Waals surface area contributed by atoms with Gasteiger partial charge in [0.05, 0.1) is 19.9 Å². The summed E-state index contributed by atoms with van der Waals surface area (Å²) < 4.78 is 10.4. The first-order valence-electron chi connectivity index (χ1n) is 7.38. The molecule has 8 heteroatoms. The zero-order chi connectivity index (χ0) is 17.6. The second-order valence-corrected chi connectivity index (χ2v) is 5.90. The van der Waals surface area contributed by atoms with Crippen LogP contribution in [0.5, 0.6) is 11.5 Å². The van der Waals surface area contributed by atoms with Crippen LogP contribution in [0.3, 0.4) is 0 Å². The summed E-state index contributed by atoms with van der Waals surface area (Å²) in [5.41, 5.74) is 1.44. The molecule has 7 nitrogen and oxygen atoms in total. The van der Waals surface area contributed by atoms with Crippen molar-refractivity contribution in [1.29, 1.82) is 0 Å². The van der Waals surface area contributed by atoms with E-state index in [0.29, 0.717) is 21.6 Å². The van der Waals surface area contributed by atoms with Gasteiger partial charge >= 0.3 is 6.03 Å². The van der Waals surface area contributed by atoms with Crippen LogP contribution in [-0.2, 0) is 0 Å². The average Bonchev–Trinajstić information content (AvgIpc) is 3.10. The van der Waals surface area contributed by atoms with E-state index in [1.807, 2.05) is 36.4 Å². The number of benzene rings is 2. The number of aromatic nitrogens is 2. The lowest BCUT2D eigenvalue weighted by atomic mass is 10.2. The Morgan fingerprint density at radius 2 is 1.84 bits per heavy atom. The maximum absolute atomic E-state index is 12.1. The molecule has 0 radical (unpaired) electrons. The Hall–Kier alpha value is -3.13. The number of para-hydroxylation sites is 2. The maximum Gasteiger partial charge on any atom is 0.325 e. The molecular weight excluding hydrogens is 340 g/mol. The third-order valence-electron chi connectivity index (χ3n) is 3.32. The summed E-state index contributed by atoms with van der Waals surface area (Å²) in [5, 5.41) is 14.6. The molecule has 3 rings (SSSR count). The molecule has 0 aliphatic carbocycles. The molecule has 2 amide bonds. The van der Waals surface area contributed by atoms with E-state index in [0.717, 1.165) is 11.3 Å². The van der Waals surface area contributed by atoms with E-state index in [1.165, 1.54) is 11.3 Å². The fraction of sp³-hybridized carbons (Fsp3) is 0.118. The zero-order valence-corrected chi connectivity index (χ0v) is 14.5. The van der Waals surface area contributed by atoms with Crippen molar-refractivity contribution in [2.75, 3.05) is 24.9 Å². The van der Waals surface area contributed by atoms with Crippen molar-refractivity contribution in [3.8, 4) is 22.1 Å². The van der Waals surface area contributed by atoms with E-state index in [4.69, 9.17) is 9.47 Å². The lowest BCUT2D eigenvalue weighted by Crippen LogP contribution is -2.19. The Balaban J connectivity index is 1.69. The number of methoxy groups -OCH3 is 2. The van der Waals surface area contributed by atoms with Gasteiger partial charge in [-0.2, -0.15) is 0 Å². The summed E-state index contributed by atoms with van der Waals surface area (Å²) in [5.74, 6) is 1.31. The third kappa shape index (κ3) is 4.04. The molecular formula is C17H16N4O3S. The van der Waals surface area contributed by atoms with Crippen LogP contribution in [0.4, 0.5) is 15.6 Å². The number of nitrogens with one attached hydrogen (secondary N) is 2. The number of anilines is 2. The van der Waals surface area contributed by atoms with E-state index in [2.05, 4.69) is 20.8 Å². The number of amides is 2. The van der Waals surface area contributed by atoms with E-state index in [1.54, 1.807) is 26.4 Å². The van der Waals surface area contributed by atoms with Gasteiger partial charge in [-0.25, -0.2) is 4.79 Å². The average molecular weight is 356 g/mol. The number of hydrogen-bond donors (Lipinski definition) is 2. The highest BCUT2D eigenvalue weighted by Gasteiger charge is 2.11. The summed E-state index contributed by atoms with van der Waals surface area (Å²) in [4.78, 5) is 12.1. The van der Waals surface area contributed by atoms with Gasteiger partial charge in [0.2, 0.25) is 5.13 Å². The number of nitrogens with zero attached hydrogens (tertiary/aromatic N) is 2. The minimum Gasteiger partial charge on any atom is -0.497 e. The molecule has 0 spiro atoms. The molecule has 2 N–H and O–H groups in total. The van der Waals surface area contributed by atoms with Crippen LogP contribution in [0.2, 0.25) is 0 Å². The van der Waals surface area contributed by atoms with Crippen LogP contribution in [-0.4, -0.2) is 30.4 Å². The fourth-order valence-corrected chi connectivity index (χ4v) is 2.88. The van der Waals surface area contributed by atoms with Gasteiger partial charge in [-0.3, -0.25) is 5.32 Å². The number of hydrogen-bond acceptors (Lipinski definition) is 6. The standard InChI is InChI=1S/C17H16N4O3S/c1-23-12-7-5-6-11(10-12)15-20-21-17(25-15)19-16(22)18-13-8-3-4-9-14(13)24-2/h3-10H,1-2H3,(H2,18,19,21,22). The SMILES string of the molecule is COc1cccc(-c2nnc(NC(=O)Nc3ccccc3OC)s2)c1. The zero-order valence-electron chi connectivity index (χ0n) is 13.6. The van der Waals surface area contributed by atoms with Crippen LogP contribution < -0.4 is 20.1 Å².